The predicted octanol–water partition coefficient (Wildman–Crippen LogP) is 1.57. The van der Waals surface area contributed by atoms with E-state index in [-0.39, 0.29) is 0 Å². The molecule has 78 valence electrons. The topological polar surface area (TPSA) is 15.3 Å². The minimum atomic E-state index is 0.734. The van der Waals surface area contributed by atoms with Crippen LogP contribution in [0.5, 0.6) is 0 Å². The van der Waals surface area contributed by atoms with Crippen molar-refractivity contribution in [1.82, 2.24) is 10.2 Å². The molecule has 1 aliphatic rings. The standard InChI is InChI=1S/C11H24N2/c1-9-5-6-13(8-9)11(3)10(2)7-12-4/h9-12H,5-8H2,1-4H3. The van der Waals surface area contributed by atoms with Gasteiger partial charge in [0.2, 0.25) is 0 Å². The average molecular weight is 184 g/mol. The Morgan fingerprint density at radius 1 is 1.46 bits per heavy atom. The molecule has 0 amide bonds. The molecule has 0 aromatic carbocycles. The summed E-state index contributed by atoms with van der Waals surface area (Å²) < 4.78 is 0. The second-order valence-electron chi connectivity index (χ2n) is 4.66. The molecule has 13 heavy (non-hydrogen) atoms. The molecular formula is C11H24N2. The highest BCUT2D eigenvalue weighted by Gasteiger charge is 2.25. The van der Waals surface area contributed by atoms with Gasteiger partial charge >= 0.3 is 0 Å². The fraction of sp³-hybridized carbons (Fsp3) is 1.00. The number of nitrogens with zero attached hydrogens (tertiary/aromatic N) is 1. The highest BCUT2D eigenvalue weighted by atomic mass is 15.2. The fourth-order valence-electron chi connectivity index (χ4n) is 2.19. The van der Waals surface area contributed by atoms with Gasteiger partial charge in [0.1, 0.15) is 0 Å². The van der Waals surface area contributed by atoms with Crippen molar-refractivity contribution in [3.63, 3.8) is 0 Å². The Hall–Kier alpha value is -0.0800. The van der Waals surface area contributed by atoms with Crippen LogP contribution in [0.25, 0.3) is 0 Å². The van der Waals surface area contributed by atoms with E-state index in [1.54, 1.807) is 0 Å². The van der Waals surface area contributed by atoms with E-state index in [1.807, 2.05) is 7.05 Å². The molecule has 0 aromatic rings. The highest BCUT2D eigenvalue weighted by Crippen LogP contribution is 2.20. The van der Waals surface area contributed by atoms with E-state index in [0.29, 0.717) is 0 Å². The van der Waals surface area contributed by atoms with Gasteiger partial charge in [-0.05, 0) is 45.3 Å². The van der Waals surface area contributed by atoms with Gasteiger partial charge in [0.25, 0.3) is 0 Å². The van der Waals surface area contributed by atoms with Gasteiger partial charge in [-0.15, -0.1) is 0 Å². The van der Waals surface area contributed by atoms with Crippen LogP contribution in [0.15, 0.2) is 0 Å². The summed E-state index contributed by atoms with van der Waals surface area (Å²) in [4.78, 5) is 2.63. The number of hydrogen-bond donors (Lipinski definition) is 1. The van der Waals surface area contributed by atoms with Crippen LogP contribution in [0.1, 0.15) is 27.2 Å². The van der Waals surface area contributed by atoms with Gasteiger partial charge in [-0.2, -0.15) is 0 Å². The monoisotopic (exact) mass is 184 g/mol. The van der Waals surface area contributed by atoms with E-state index in [2.05, 4.69) is 31.0 Å². The third-order valence-electron chi connectivity index (χ3n) is 3.38. The Labute approximate surface area is 82.7 Å². The molecule has 0 radical (unpaired) electrons. The molecule has 0 spiro atoms. The summed E-state index contributed by atoms with van der Waals surface area (Å²) in [6.07, 6.45) is 1.39. The molecule has 0 bridgehead atoms. The first-order chi connectivity index (χ1) is 6.15. The van der Waals surface area contributed by atoms with Gasteiger partial charge in [-0.25, -0.2) is 0 Å². The third kappa shape index (κ3) is 2.96. The molecule has 1 rings (SSSR count). The molecule has 1 saturated heterocycles. The lowest BCUT2D eigenvalue weighted by molar-refractivity contribution is 0.192. The Kier molecular flexibility index (Phi) is 4.20. The van der Waals surface area contributed by atoms with Crippen LogP contribution in [0.4, 0.5) is 0 Å². The first kappa shape index (κ1) is 11.0. The van der Waals surface area contributed by atoms with Crippen LogP contribution >= 0.6 is 0 Å². The SMILES string of the molecule is CNCC(C)C(C)N1CCC(C)C1. The second-order valence-corrected chi connectivity index (χ2v) is 4.66. The average Bonchev–Trinajstić information content (AvgIpc) is 2.51. The lowest BCUT2D eigenvalue weighted by Gasteiger charge is -2.29. The number of nitrogens with one attached hydrogen (secondary N) is 1. The van der Waals surface area contributed by atoms with Crippen molar-refractivity contribution in [2.24, 2.45) is 11.8 Å². The highest BCUT2D eigenvalue weighted by molar-refractivity contribution is 4.80. The minimum Gasteiger partial charge on any atom is -0.319 e. The van der Waals surface area contributed by atoms with Gasteiger partial charge in [-0.3, -0.25) is 0 Å². The van der Waals surface area contributed by atoms with E-state index in [9.17, 15) is 0 Å². The van der Waals surface area contributed by atoms with Crippen LogP contribution < -0.4 is 5.32 Å². The van der Waals surface area contributed by atoms with Crippen LogP contribution in [-0.2, 0) is 0 Å². The lowest BCUT2D eigenvalue weighted by Crippen LogP contribution is -2.39. The molecular weight excluding hydrogens is 160 g/mol. The van der Waals surface area contributed by atoms with Crippen molar-refractivity contribution in [3.8, 4) is 0 Å². The summed E-state index contributed by atoms with van der Waals surface area (Å²) in [5.41, 5.74) is 0. The summed E-state index contributed by atoms with van der Waals surface area (Å²) >= 11 is 0. The molecule has 2 nitrogen and oxygen atoms in total. The van der Waals surface area contributed by atoms with Crippen LogP contribution in [-0.4, -0.2) is 37.6 Å². The molecule has 0 aromatic heterocycles. The largest absolute Gasteiger partial charge is 0.319 e. The molecule has 1 N–H and O–H groups in total. The smallest absolute Gasteiger partial charge is 0.0105 e. The molecule has 0 aliphatic carbocycles. The summed E-state index contributed by atoms with van der Waals surface area (Å²) in [5.74, 6) is 1.67. The van der Waals surface area contributed by atoms with Crippen LogP contribution in [0, 0.1) is 11.8 Å². The van der Waals surface area contributed by atoms with E-state index in [1.165, 1.54) is 19.5 Å². The van der Waals surface area contributed by atoms with Gasteiger partial charge in [0.05, 0.1) is 0 Å². The maximum atomic E-state index is 3.26. The first-order valence-electron chi connectivity index (χ1n) is 5.53. The molecule has 2 heteroatoms. The quantitative estimate of drug-likeness (QED) is 0.713. The van der Waals surface area contributed by atoms with Crippen molar-refractivity contribution in [1.29, 1.82) is 0 Å². The van der Waals surface area contributed by atoms with Gasteiger partial charge in [-0.1, -0.05) is 13.8 Å². The predicted molar refractivity (Wildman–Crippen MR) is 57.9 cm³/mol. The van der Waals surface area contributed by atoms with Crippen molar-refractivity contribution < 1.29 is 0 Å². The minimum absolute atomic E-state index is 0.734. The van der Waals surface area contributed by atoms with E-state index < -0.39 is 0 Å². The number of rotatable bonds is 4. The van der Waals surface area contributed by atoms with Crippen molar-refractivity contribution >= 4 is 0 Å². The normalized spacial score (nSPS) is 29.1. The Balaban J connectivity index is 2.33. The number of hydrogen-bond acceptors (Lipinski definition) is 2. The zero-order valence-electron chi connectivity index (χ0n) is 9.51. The zero-order valence-corrected chi connectivity index (χ0v) is 9.51. The molecule has 1 fully saturated rings. The van der Waals surface area contributed by atoms with Gasteiger partial charge in [0, 0.05) is 12.6 Å². The van der Waals surface area contributed by atoms with Gasteiger partial charge in [0.15, 0.2) is 0 Å². The Morgan fingerprint density at radius 3 is 2.62 bits per heavy atom. The summed E-state index contributed by atoms with van der Waals surface area (Å²) in [6.45, 7) is 10.8. The Morgan fingerprint density at radius 2 is 2.15 bits per heavy atom. The van der Waals surface area contributed by atoms with E-state index >= 15 is 0 Å². The molecule has 1 heterocycles. The zero-order chi connectivity index (χ0) is 9.84. The van der Waals surface area contributed by atoms with Crippen LogP contribution in [0.2, 0.25) is 0 Å². The first-order valence-corrected chi connectivity index (χ1v) is 5.53. The second kappa shape index (κ2) is 4.97. The molecule has 3 atom stereocenters. The number of likely N-dealkylation sites (tertiary alicyclic amines) is 1. The van der Waals surface area contributed by atoms with Crippen LogP contribution in [0.3, 0.4) is 0 Å². The maximum absolute atomic E-state index is 3.26. The van der Waals surface area contributed by atoms with Crippen molar-refractivity contribution in [2.75, 3.05) is 26.7 Å². The third-order valence-corrected chi connectivity index (χ3v) is 3.38. The van der Waals surface area contributed by atoms with Crippen molar-refractivity contribution in [2.45, 2.75) is 33.2 Å². The van der Waals surface area contributed by atoms with E-state index in [0.717, 1.165) is 24.4 Å². The van der Waals surface area contributed by atoms with E-state index in [4.69, 9.17) is 0 Å². The molecule has 1 aliphatic heterocycles. The maximum Gasteiger partial charge on any atom is 0.0105 e. The fourth-order valence-corrected chi connectivity index (χ4v) is 2.19. The summed E-state index contributed by atoms with van der Waals surface area (Å²) in [7, 11) is 2.04. The van der Waals surface area contributed by atoms with Gasteiger partial charge < -0.3 is 10.2 Å². The lowest BCUT2D eigenvalue weighted by atomic mass is 10.0. The Bertz CT molecular complexity index is 147. The molecule has 0 saturated carbocycles. The summed E-state index contributed by atoms with van der Waals surface area (Å²) in [5, 5.41) is 3.26. The molecule has 3 unspecified atom stereocenters. The van der Waals surface area contributed by atoms with Crippen molar-refractivity contribution in [3.05, 3.63) is 0 Å². The summed E-state index contributed by atoms with van der Waals surface area (Å²) in [6, 6.07) is 0.734.